The molecular weight excluding hydrogens is 230 g/mol. The molecule has 0 aliphatic carbocycles. The smallest absolute Gasteiger partial charge is 0.317 e. The fraction of sp³-hybridized carbons (Fsp3) is 0.214. The number of hydroxylamine groups is 1. The summed E-state index contributed by atoms with van der Waals surface area (Å²) in [5, 5.41) is 10.4. The van der Waals surface area contributed by atoms with Gasteiger partial charge < -0.3 is 4.42 Å². The molecule has 1 aromatic heterocycles. The van der Waals surface area contributed by atoms with E-state index in [1.807, 2.05) is 12.1 Å². The zero-order valence-electron chi connectivity index (χ0n) is 10.3. The summed E-state index contributed by atoms with van der Waals surface area (Å²) < 4.78 is 4.95. The summed E-state index contributed by atoms with van der Waals surface area (Å²) >= 11 is 0. The van der Waals surface area contributed by atoms with Gasteiger partial charge in [-0.2, -0.15) is 5.06 Å². The molecule has 0 aliphatic heterocycles. The largest absolute Gasteiger partial charge is 0.459 e. The fourth-order valence-electron chi connectivity index (χ4n) is 1.62. The van der Waals surface area contributed by atoms with Gasteiger partial charge in [-0.05, 0) is 35.7 Å². The van der Waals surface area contributed by atoms with Crippen molar-refractivity contribution >= 4 is 11.6 Å². The first-order chi connectivity index (χ1) is 8.59. The first-order valence-corrected chi connectivity index (χ1v) is 5.76. The standard InChI is InChI=1S/C14H15NO3/c1-10(2)11-5-7-12(8-6-11)15(17)14(16)13-4-3-9-18-13/h3-10,17H,1-2H3. The Balaban J connectivity index is 2.18. The van der Waals surface area contributed by atoms with Gasteiger partial charge in [-0.15, -0.1) is 0 Å². The SMILES string of the molecule is CC(C)c1ccc(N(O)C(=O)c2ccco2)cc1. The van der Waals surface area contributed by atoms with Crippen molar-refractivity contribution in [2.45, 2.75) is 19.8 Å². The Morgan fingerprint density at radius 1 is 1.22 bits per heavy atom. The second kappa shape index (κ2) is 5.06. The molecule has 0 aliphatic rings. The van der Waals surface area contributed by atoms with E-state index in [-0.39, 0.29) is 5.76 Å². The minimum Gasteiger partial charge on any atom is -0.459 e. The number of benzene rings is 1. The first kappa shape index (κ1) is 12.4. The topological polar surface area (TPSA) is 53.7 Å². The Morgan fingerprint density at radius 3 is 2.39 bits per heavy atom. The lowest BCUT2D eigenvalue weighted by atomic mass is 10.0. The lowest BCUT2D eigenvalue weighted by molar-refractivity contribution is 0.0826. The highest BCUT2D eigenvalue weighted by Gasteiger charge is 2.18. The molecule has 1 heterocycles. The van der Waals surface area contributed by atoms with E-state index < -0.39 is 5.91 Å². The van der Waals surface area contributed by atoms with Gasteiger partial charge in [0, 0.05) is 0 Å². The van der Waals surface area contributed by atoms with Gasteiger partial charge in [0.1, 0.15) is 0 Å². The zero-order chi connectivity index (χ0) is 13.1. The van der Waals surface area contributed by atoms with Crippen molar-refractivity contribution in [2.24, 2.45) is 0 Å². The van der Waals surface area contributed by atoms with E-state index in [1.165, 1.54) is 12.3 Å². The van der Waals surface area contributed by atoms with Crippen molar-refractivity contribution in [2.75, 3.05) is 5.06 Å². The number of carbonyl (C=O) groups excluding carboxylic acids is 1. The molecule has 0 saturated heterocycles. The second-order valence-electron chi connectivity index (χ2n) is 4.34. The average molecular weight is 245 g/mol. The lowest BCUT2D eigenvalue weighted by Gasteiger charge is -2.14. The van der Waals surface area contributed by atoms with Crippen molar-refractivity contribution < 1.29 is 14.4 Å². The summed E-state index contributed by atoms with van der Waals surface area (Å²) in [4.78, 5) is 11.8. The maximum absolute atomic E-state index is 11.8. The highest BCUT2D eigenvalue weighted by Crippen LogP contribution is 2.20. The molecule has 0 unspecified atom stereocenters. The predicted molar refractivity (Wildman–Crippen MR) is 67.8 cm³/mol. The molecule has 2 rings (SSSR count). The van der Waals surface area contributed by atoms with E-state index in [4.69, 9.17) is 4.42 Å². The Morgan fingerprint density at radius 2 is 1.89 bits per heavy atom. The molecule has 0 spiro atoms. The van der Waals surface area contributed by atoms with E-state index in [1.54, 1.807) is 18.2 Å². The molecule has 1 aromatic carbocycles. The summed E-state index contributed by atoms with van der Waals surface area (Å²) in [6.07, 6.45) is 1.39. The van der Waals surface area contributed by atoms with Crippen LogP contribution in [0.4, 0.5) is 5.69 Å². The van der Waals surface area contributed by atoms with Crippen LogP contribution in [0.25, 0.3) is 0 Å². The average Bonchev–Trinajstić information content (AvgIpc) is 2.91. The Hall–Kier alpha value is -2.07. The number of rotatable bonds is 3. The third-order valence-corrected chi connectivity index (χ3v) is 2.73. The number of hydrogen-bond donors (Lipinski definition) is 1. The van der Waals surface area contributed by atoms with Crippen LogP contribution in [0.1, 0.15) is 35.9 Å². The molecule has 0 saturated carbocycles. The molecule has 4 heteroatoms. The second-order valence-corrected chi connectivity index (χ2v) is 4.34. The summed E-state index contributed by atoms with van der Waals surface area (Å²) in [6.45, 7) is 4.17. The van der Waals surface area contributed by atoms with Crippen LogP contribution in [0.3, 0.4) is 0 Å². The first-order valence-electron chi connectivity index (χ1n) is 5.76. The van der Waals surface area contributed by atoms with E-state index >= 15 is 0 Å². The molecule has 0 atom stereocenters. The van der Waals surface area contributed by atoms with E-state index in [9.17, 15) is 10.0 Å². The minimum absolute atomic E-state index is 0.102. The molecule has 2 aromatic rings. The molecular formula is C14H15NO3. The fourth-order valence-corrected chi connectivity index (χ4v) is 1.62. The molecule has 0 fully saturated rings. The van der Waals surface area contributed by atoms with Crippen molar-refractivity contribution in [1.82, 2.24) is 0 Å². The van der Waals surface area contributed by atoms with Gasteiger partial charge >= 0.3 is 5.91 Å². The van der Waals surface area contributed by atoms with E-state index in [0.29, 0.717) is 16.7 Å². The van der Waals surface area contributed by atoms with E-state index in [0.717, 1.165) is 5.56 Å². The third kappa shape index (κ3) is 2.43. The van der Waals surface area contributed by atoms with Crippen LogP contribution in [0.2, 0.25) is 0 Å². The molecule has 1 amide bonds. The van der Waals surface area contributed by atoms with Crippen LogP contribution in [0.5, 0.6) is 0 Å². The van der Waals surface area contributed by atoms with Crippen molar-refractivity contribution in [3.8, 4) is 0 Å². The number of anilines is 1. The summed E-state index contributed by atoms with van der Waals surface area (Å²) in [5.41, 5.74) is 1.57. The van der Waals surface area contributed by atoms with Gasteiger partial charge in [-0.1, -0.05) is 26.0 Å². The maximum Gasteiger partial charge on any atom is 0.317 e. The van der Waals surface area contributed by atoms with Crippen LogP contribution >= 0.6 is 0 Å². The lowest BCUT2D eigenvalue weighted by Crippen LogP contribution is -2.26. The molecule has 94 valence electrons. The number of hydrogen-bond acceptors (Lipinski definition) is 3. The molecule has 0 radical (unpaired) electrons. The normalized spacial score (nSPS) is 10.7. The number of carbonyl (C=O) groups is 1. The summed E-state index contributed by atoms with van der Waals surface area (Å²) in [5.74, 6) is -0.0744. The van der Waals surface area contributed by atoms with E-state index in [2.05, 4.69) is 13.8 Å². The Labute approximate surface area is 105 Å². The monoisotopic (exact) mass is 245 g/mol. The van der Waals surface area contributed by atoms with Crippen LogP contribution in [0.15, 0.2) is 47.1 Å². The van der Waals surface area contributed by atoms with Crippen molar-refractivity contribution in [1.29, 1.82) is 0 Å². The van der Waals surface area contributed by atoms with Crippen LogP contribution in [0, 0.1) is 0 Å². The van der Waals surface area contributed by atoms with Crippen molar-refractivity contribution in [3.63, 3.8) is 0 Å². The van der Waals surface area contributed by atoms with Gasteiger partial charge in [0.15, 0.2) is 5.76 Å². The highest BCUT2D eigenvalue weighted by molar-refractivity contribution is 6.02. The van der Waals surface area contributed by atoms with Crippen LogP contribution in [-0.2, 0) is 0 Å². The number of furan rings is 1. The molecule has 0 bridgehead atoms. The van der Waals surface area contributed by atoms with Gasteiger partial charge in [-0.3, -0.25) is 10.0 Å². The Kier molecular flexibility index (Phi) is 3.48. The Bertz CT molecular complexity index is 514. The van der Waals surface area contributed by atoms with Gasteiger partial charge in [-0.25, -0.2) is 0 Å². The van der Waals surface area contributed by atoms with Crippen LogP contribution in [-0.4, -0.2) is 11.1 Å². The number of amides is 1. The highest BCUT2D eigenvalue weighted by atomic mass is 16.5. The maximum atomic E-state index is 11.8. The van der Waals surface area contributed by atoms with Gasteiger partial charge in [0.05, 0.1) is 12.0 Å². The van der Waals surface area contributed by atoms with Crippen LogP contribution < -0.4 is 5.06 Å². The predicted octanol–water partition coefficient (Wildman–Crippen LogP) is 3.44. The molecule has 18 heavy (non-hydrogen) atoms. The van der Waals surface area contributed by atoms with Crippen molar-refractivity contribution in [3.05, 3.63) is 54.0 Å². The number of nitrogens with zero attached hydrogens (tertiary/aromatic N) is 1. The quantitative estimate of drug-likeness (QED) is 0.665. The molecule has 1 N–H and O–H groups in total. The minimum atomic E-state index is -0.586. The molecule has 4 nitrogen and oxygen atoms in total. The van der Waals surface area contributed by atoms with Gasteiger partial charge in [0.25, 0.3) is 0 Å². The summed E-state index contributed by atoms with van der Waals surface area (Å²) in [6, 6.07) is 10.3. The zero-order valence-corrected chi connectivity index (χ0v) is 10.3. The third-order valence-electron chi connectivity index (χ3n) is 2.73. The summed E-state index contributed by atoms with van der Waals surface area (Å²) in [7, 11) is 0. The van der Waals surface area contributed by atoms with Gasteiger partial charge in [0.2, 0.25) is 0 Å².